The highest BCUT2D eigenvalue weighted by Gasteiger charge is 2.10. The van der Waals surface area contributed by atoms with Gasteiger partial charge in [0.15, 0.2) is 5.16 Å². The molecule has 0 aliphatic heterocycles. The summed E-state index contributed by atoms with van der Waals surface area (Å²) in [6.07, 6.45) is 1.84. The fourth-order valence-corrected chi connectivity index (χ4v) is 2.30. The molecule has 0 saturated heterocycles. The van der Waals surface area contributed by atoms with E-state index < -0.39 is 11.6 Å². The maximum Gasteiger partial charge on any atom is 0.191 e. The van der Waals surface area contributed by atoms with Crippen molar-refractivity contribution in [3.05, 3.63) is 34.3 Å². The van der Waals surface area contributed by atoms with Crippen LogP contribution >= 0.6 is 27.7 Å². The second-order valence-corrected chi connectivity index (χ2v) is 5.65. The molecule has 1 heterocycles. The smallest absolute Gasteiger partial charge is 0.191 e. The Balaban J connectivity index is 2.34. The van der Waals surface area contributed by atoms with Crippen molar-refractivity contribution in [3.8, 4) is 0 Å². The predicted molar refractivity (Wildman–Crippen MR) is 85.3 cm³/mol. The van der Waals surface area contributed by atoms with Crippen LogP contribution in [-0.2, 0) is 0 Å². The Morgan fingerprint density at radius 3 is 2.52 bits per heavy atom. The summed E-state index contributed by atoms with van der Waals surface area (Å²) < 4.78 is 27.4. The molecule has 8 heteroatoms. The molecule has 0 unspecified atom stereocenters. The first-order valence-corrected chi connectivity index (χ1v) is 8.13. The van der Waals surface area contributed by atoms with Crippen molar-refractivity contribution in [1.29, 1.82) is 0 Å². The molecule has 112 valence electrons. The lowest BCUT2D eigenvalue weighted by atomic mass is 10.3. The predicted octanol–water partition coefficient (Wildman–Crippen LogP) is 4.41. The third-order valence-electron chi connectivity index (χ3n) is 2.52. The number of hydrogen-bond acceptors (Lipinski definition) is 5. The first-order chi connectivity index (χ1) is 10.0. The zero-order valence-corrected chi connectivity index (χ0v) is 13.8. The molecular weight excluding hydrogens is 362 g/mol. The number of hydrogen-bond donors (Lipinski definition) is 2. The molecule has 0 radical (unpaired) electrons. The van der Waals surface area contributed by atoms with Crippen molar-refractivity contribution >= 4 is 45.0 Å². The molecule has 0 aliphatic rings. The molecule has 0 spiro atoms. The summed E-state index contributed by atoms with van der Waals surface area (Å²) in [5, 5.41) is 6.37. The highest BCUT2D eigenvalue weighted by atomic mass is 79.9. The molecule has 0 atom stereocenters. The third-order valence-corrected chi connectivity index (χ3v) is 3.67. The fourth-order valence-electron chi connectivity index (χ4n) is 1.61. The van der Waals surface area contributed by atoms with Crippen LogP contribution in [0.2, 0.25) is 0 Å². The molecule has 4 nitrogen and oxygen atoms in total. The molecule has 1 aromatic heterocycles. The van der Waals surface area contributed by atoms with E-state index in [9.17, 15) is 8.78 Å². The van der Waals surface area contributed by atoms with Gasteiger partial charge in [-0.05, 0) is 35.2 Å². The van der Waals surface area contributed by atoms with E-state index in [1.54, 1.807) is 6.07 Å². The van der Waals surface area contributed by atoms with Gasteiger partial charge in [0.25, 0.3) is 0 Å². The summed E-state index contributed by atoms with van der Waals surface area (Å²) in [6, 6.07) is 3.79. The summed E-state index contributed by atoms with van der Waals surface area (Å²) in [6.45, 7) is 2.64. The molecule has 0 amide bonds. The average molecular weight is 375 g/mol. The lowest BCUT2D eigenvalue weighted by Gasteiger charge is -2.11. The minimum Gasteiger partial charge on any atom is -0.370 e. The van der Waals surface area contributed by atoms with Gasteiger partial charge in [-0.2, -0.15) is 0 Å². The van der Waals surface area contributed by atoms with Crippen LogP contribution in [0.1, 0.15) is 6.92 Å². The molecular formula is C13H13BrF2N4S. The van der Waals surface area contributed by atoms with Crippen molar-refractivity contribution in [3.63, 3.8) is 0 Å². The van der Waals surface area contributed by atoms with E-state index >= 15 is 0 Å². The molecule has 21 heavy (non-hydrogen) atoms. The van der Waals surface area contributed by atoms with Gasteiger partial charge in [0.05, 0.1) is 10.2 Å². The lowest BCUT2D eigenvalue weighted by Crippen LogP contribution is -2.04. The van der Waals surface area contributed by atoms with Crippen molar-refractivity contribution < 1.29 is 8.78 Å². The van der Waals surface area contributed by atoms with Crippen molar-refractivity contribution in [2.75, 3.05) is 23.4 Å². The summed E-state index contributed by atoms with van der Waals surface area (Å²) >= 11 is 4.30. The molecule has 2 N–H and O–H groups in total. The topological polar surface area (TPSA) is 49.8 Å². The lowest BCUT2D eigenvalue weighted by molar-refractivity contribution is 0.597. The van der Waals surface area contributed by atoms with Gasteiger partial charge in [-0.1, -0.05) is 11.8 Å². The molecule has 0 bridgehead atoms. The zero-order valence-electron chi connectivity index (χ0n) is 11.4. The number of nitrogens with one attached hydrogen (secondary N) is 2. The Bertz CT molecular complexity index is 654. The van der Waals surface area contributed by atoms with E-state index in [1.807, 2.05) is 13.2 Å². The van der Waals surface area contributed by atoms with E-state index in [-0.39, 0.29) is 10.2 Å². The average Bonchev–Trinajstić information content (AvgIpc) is 2.45. The minimum absolute atomic E-state index is 0.0175. The van der Waals surface area contributed by atoms with Crippen molar-refractivity contribution in [2.45, 2.75) is 12.1 Å². The number of nitrogens with zero attached hydrogens (tertiary/aromatic N) is 2. The largest absolute Gasteiger partial charge is 0.370 e. The van der Waals surface area contributed by atoms with Gasteiger partial charge in [0.2, 0.25) is 0 Å². The van der Waals surface area contributed by atoms with Crippen molar-refractivity contribution in [2.24, 2.45) is 0 Å². The first kappa shape index (κ1) is 16.0. The van der Waals surface area contributed by atoms with Gasteiger partial charge < -0.3 is 10.6 Å². The van der Waals surface area contributed by atoms with Crippen LogP contribution < -0.4 is 10.6 Å². The molecule has 0 saturated carbocycles. The Labute approximate surface area is 133 Å². The maximum absolute atomic E-state index is 13.8. The standard InChI is InChI=1S/C13H13BrF2N4S/c1-3-17-11-6-12(20-13(19-11)21-2)18-10-5-8(15)7(14)4-9(10)16/h4-6H,3H2,1-2H3,(H2,17,18,19,20). The number of aromatic nitrogens is 2. The number of thioether (sulfide) groups is 1. The van der Waals surface area contributed by atoms with Gasteiger partial charge in [-0.3, -0.25) is 0 Å². The van der Waals surface area contributed by atoms with Crippen LogP contribution in [0, 0.1) is 11.6 Å². The maximum atomic E-state index is 13.8. The van der Waals surface area contributed by atoms with Gasteiger partial charge in [-0.15, -0.1) is 0 Å². The fraction of sp³-hybridized carbons (Fsp3) is 0.231. The Morgan fingerprint density at radius 1 is 1.14 bits per heavy atom. The Hall–Kier alpha value is -1.41. The van der Waals surface area contributed by atoms with Crippen molar-refractivity contribution in [1.82, 2.24) is 9.97 Å². The van der Waals surface area contributed by atoms with Gasteiger partial charge in [0, 0.05) is 18.7 Å². The van der Waals surface area contributed by atoms with Crippen LogP contribution in [0.25, 0.3) is 0 Å². The molecule has 0 aliphatic carbocycles. The number of anilines is 3. The molecule has 1 aromatic carbocycles. The van der Waals surface area contributed by atoms with Crippen LogP contribution in [0.4, 0.5) is 26.1 Å². The molecule has 2 aromatic rings. The van der Waals surface area contributed by atoms with Crippen LogP contribution in [-0.4, -0.2) is 22.8 Å². The SMILES string of the molecule is CCNc1cc(Nc2cc(F)c(Br)cc2F)nc(SC)n1. The summed E-state index contributed by atoms with van der Waals surface area (Å²) in [5.74, 6) is -0.106. The minimum atomic E-state index is -0.572. The van der Waals surface area contributed by atoms with Gasteiger partial charge in [0.1, 0.15) is 23.3 Å². The van der Waals surface area contributed by atoms with E-state index in [4.69, 9.17) is 0 Å². The first-order valence-electron chi connectivity index (χ1n) is 6.12. The van der Waals surface area contributed by atoms with Crippen LogP contribution in [0.15, 0.2) is 27.8 Å². The van der Waals surface area contributed by atoms with E-state index in [0.29, 0.717) is 23.3 Å². The third kappa shape index (κ3) is 4.04. The number of benzene rings is 1. The van der Waals surface area contributed by atoms with E-state index in [1.165, 1.54) is 11.8 Å². The highest BCUT2D eigenvalue weighted by molar-refractivity contribution is 9.10. The van der Waals surface area contributed by atoms with E-state index in [2.05, 4.69) is 36.5 Å². The highest BCUT2D eigenvalue weighted by Crippen LogP contribution is 2.27. The second kappa shape index (κ2) is 7.04. The Morgan fingerprint density at radius 2 is 1.86 bits per heavy atom. The summed E-state index contributed by atoms with van der Waals surface area (Å²) in [4.78, 5) is 8.49. The number of halogens is 3. The summed E-state index contributed by atoms with van der Waals surface area (Å²) in [7, 11) is 0. The van der Waals surface area contributed by atoms with Gasteiger partial charge >= 0.3 is 0 Å². The second-order valence-electron chi connectivity index (χ2n) is 4.03. The van der Waals surface area contributed by atoms with Gasteiger partial charge in [-0.25, -0.2) is 18.7 Å². The van der Waals surface area contributed by atoms with E-state index in [0.717, 1.165) is 12.1 Å². The van der Waals surface area contributed by atoms with Crippen LogP contribution in [0.3, 0.4) is 0 Å². The summed E-state index contributed by atoms with van der Waals surface area (Å²) in [5.41, 5.74) is 0.0175. The molecule has 2 rings (SSSR count). The quantitative estimate of drug-likeness (QED) is 0.461. The number of rotatable bonds is 5. The monoisotopic (exact) mass is 374 g/mol. The van der Waals surface area contributed by atoms with Crippen LogP contribution in [0.5, 0.6) is 0 Å². The molecule has 0 fully saturated rings. The normalized spacial score (nSPS) is 10.5. The Kier molecular flexibility index (Phi) is 5.35. The zero-order chi connectivity index (χ0) is 15.4.